The van der Waals surface area contributed by atoms with Gasteiger partial charge in [-0.25, -0.2) is 0 Å². The molecule has 1 aromatic heterocycles. The van der Waals surface area contributed by atoms with E-state index in [-0.39, 0.29) is 12.5 Å². The molecule has 1 aromatic carbocycles. The molecule has 0 radical (unpaired) electrons. The zero-order chi connectivity index (χ0) is 17.2. The Morgan fingerprint density at radius 2 is 1.96 bits per heavy atom. The number of piperidine rings is 1. The van der Waals surface area contributed by atoms with E-state index in [2.05, 4.69) is 20.3 Å². The maximum absolute atomic E-state index is 12.8. The van der Waals surface area contributed by atoms with E-state index in [1.54, 1.807) is 0 Å². The van der Waals surface area contributed by atoms with E-state index in [1.165, 1.54) is 30.5 Å². The summed E-state index contributed by atoms with van der Waals surface area (Å²) in [7, 11) is 0. The SMILES string of the molecule is Cc1ccccc1-c1nnn(CC(=O)N2CCC[C@H]3CCCC[C@H]32)n1. The number of rotatable bonds is 3. The van der Waals surface area contributed by atoms with Gasteiger partial charge < -0.3 is 4.90 Å². The molecule has 2 heterocycles. The fourth-order valence-electron chi connectivity index (χ4n) is 4.39. The average Bonchev–Trinajstić information content (AvgIpc) is 3.09. The van der Waals surface area contributed by atoms with Crippen LogP contribution in [0.4, 0.5) is 0 Å². The van der Waals surface area contributed by atoms with Crippen molar-refractivity contribution in [3.63, 3.8) is 0 Å². The number of hydrogen-bond acceptors (Lipinski definition) is 4. The Bertz CT molecular complexity index is 754. The van der Waals surface area contributed by atoms with Crippen molar-refractivity contribution in [2.24, 2.45) is 5.92 Å². The van der Waals surface area contributed by atoms with Crippen LogP contribution in [0.5, 0.6) is 0 Å². The molecule has 0 bridgehead atoms. The van der Waals surface area contributed by atoms with Gasteiger partial charge in [0, 0.05) is 18.2 Å². The third kappa shape index (κ3) is 3.30. The summed E-state index contributed by atoms with van der Waals surface area (Å²) >= 11 is 0. The quantitative estimate of drug-likeness (QED) is 0.862. The van der Waals surface area contributed by atoms with Crippen molar-refractivity contribution in [1.82, 2.24) is 25.1 Å². The summed E-state index contributed by atoms with van der Waals surface area (Å²) in [6, 6.07) is 8.39. The number of aromatic nitrogens is 4. The molecule has 0 unspecified atom stereocenters. The van der Waals surface area contributed by atoms with E-state index in [1.807, 2.05) is 31.2 Å². The van der Waals surface area contributed by atoms with Gasteiger partial charge in [0.1, 0.15) is 6.54 Å². The lowest BCUT2D eigenvalue weighted by molar-refractivity contribution is -0.138. The van der Waals surface area contributed by atoms with Gasteiger partial charge in [-0.2, -0.15) is 4.80 Å². The first-order valence-corrected chi connectivity index (χ1v) is 9.35. The van der Waals surface area contributed by atoms with Gasteiger partial charge in [0.15, 0.2) is 0 Å². The summed E-state index contributed by atoms with van der Waals surface area (Å²) in [6.45, 7) is 3.08. The highest BCUT2D eigenvalue weighted by atomic mass is 16.2. The number of likely N-dealkylation sites (tertiary alicyclic amines) is 1. The molecule has 2 aliphatic rings. The number of nitrogens with zero attached hydrogens (tertiary/aromatic N) is 5. The van der Waals surface area contributed by atoms with Crippen molar-refractivity contribution >= 4 is 5.91 Å². The van der Waals surface area contributed by atoms with Gasteiger partial charge in [-0.1, -0.05) is 37.1 Å². The number of fused-ring (bicyclic) bond motifs is 1. The Labute approximate surface area is 148 Å². The molecule has 1 saturated heterocycles. The largest absolute Gasteiger partial charge is 0.338 e. The highest BCUT2D eigenvalue weighted by Crippen LogP contribution is 2.35. The van der Waals surface area contributed by atoms with Gasteiger partial charge in [0.2, 0.25) is 11.7 Å². The minimum absolute atomic E-state index is 0.130. The zero-order valence-corrected chi connectivity index (χ0v) is 14.8. The molecular formula is C19H25N5O. The van der Waals surface area contributed by atoms with Gasteiger partial charge >= 0.3 is 0 Å². The number of tetrazole rings is 1. The lowest BCUT2D eigenvalue weighted by Gasteiger charge is -2.44. The van der Waals surface area contributed by atoms with Crippen LogP contribution >= 0.6 is 0 Å². The molecule has 6 nitrogen and oxygen atoms in total. The van der Waals surface area contributed by atoms with E-state index in [9.17, 15) is 4.79 Å². The minimum atomic E-state index is 0.130. The fraction of sp³-hybridized carbons (Fsp3) is 0.579. The standard InChI is InChI=1S/C19H25N5O/c1-14-7-2-4-10-16(14)19-20-22-24(21-19)13-18(25)23-12-6-9-15-8-3-5-11-17(15)23/h2,4,7,10,15,17H,3,5-6,8-9,11-13H2,1H3/t15-,17-/m1/s1. The second kappa shape index (κ2) is 6.94. The second-order valence-corrected chi connectivity index (χ2v) is 7.30. The zero-order valence-electron chi connectivity index (χ0n) is 14.8. The van der Waals surface area contributed by atoms with Crippen LogP contribution in [0, 0.1) is 12.8 Å². The Morgan fingerprint density at radius 1 is 1.16 bits per heavy atom. The first-order valence-electron chi connectivity index (χ1n) is 9.35. The molecule has 25 heavy (non-hydrogen) atoms. The molecule has 1 saturated carbocycles. The highest BCUT2D eigenvalue weighted by molar-refractivity contribution is 5.76. The molecule has 1 aliphatic heterocycles. The van der Waals surface area contributed by atoms with Gasteiger partial charge in [-0.15, -0.1) is 10.2 Å². The third-order valence-electron chi connectivity index (χ3n) is 5.68. The van der Waals surface area contributed by atoms with E-state index in [0.717, 1.165) is 30.5 Å². The van der Waals surface area contributed by atoms with Crippen LogP contribution < -0.4 is 0 Å². The Balaban J connectivity index is 1.47. The van der Waals surface area contributed by atoms with Crippen LogP contribution in [0.1, 0.15) is 44.1 Å². The first-order chi connectivity index (χ1) is 12.2. The van der Waals surface area contributed by atoms with Crippen LogP contribution in [0.2, 0.25) is 0 Å². The lowest BCUT2D eigenvalue weighted by Crippen LogP contribution is -2.50. The normalized spacial score (nSPS) is 23.3. The number of carbonyl (C=O) groups excluding carboxylic acids is 1. The van der Waals surface area contributed by atoms with E-state index >= 15 is 0 Å². The Morgan fingerprint density at radius 3 is 2.84 bits per heavy atom. The van der Waals surface area contributed by atoms with Crippen molar-refractivity contribution in [3.8, 4) is 11.4 Å². The van der Waals surface area contributed by atoms with Crippen LogP contribution in [0.25, 0.3) is 11.4 Å². The molecule has 2 fully saturated rings. The summed E-state index contributed by atoms with van der Waals surface area (Å²) in [5.74, 6) is 1.41. The molecule has 4 rings (SSSR count). The summed E-state index contributed by atoms with van der Waals surface area (Å²) in [4.78, 5) is 16.4. The van der Waals surface area contributed by atoms with Gasteiger partial charge in [0.05, 0.1) is 0 Å². The van der Waals surface area contributed by atoms with Gasteiger partial charge in [-0.05, 0) is 49.3 Å². The van der Waals surface area contributed by atoms with Crippen LogP contribution in [-0.4, -0.2) is 43.6 Å². The van der Waals surface area contributed by atoms with Crippen molar-refractivity contribution in [2.75, 3.05) is 6.54 Å². The van der Waals surface area contributed by atoms with E-state index < -0.39 is 0 Å². The lowest BCUT2D eigenvalue weighted by atomic mass is 9.78. The number of amides is 1. The van der Waals surface area contributed by atoms with Gasteiger partial charge in [-0.3, -0.25) is 4.79 Å². The molecule has 0 N–H and O–H groups in total. The summed E-state index contributed by atoms with van der Waals surface area (Å²) < 4.78 is 0. The predicted molar refractivity (Wildman–Crippen MR) is 94.7 cm³/mol. The minimum Gasteiger partial charge on any atom is -0.338 e. The number of benzene rings is 1. The highest BCUT2D eigenvalue weighted by Gasteiger charge is 2.35. The molecular weight excluding hydrogens is 314 g/mol. The summed E-state index contributed by atoms with van der Waals surface area (Å²) in [5, 5.41) is 12.7. The third-order valence-corrected chi connectivity index (χ3v) is 5.68. The number of hydrogen-bond donors (Lipinski definition) is 0. The molecule has 132 valence electrons. The van der Waals surface area contributed by atoms with Crippen LogP contribution in [0.3, 0.4) is 0 Å². The maximum Gasteiger partial charge on any atom is 0.246 e. The topological polar surface area (TPSA) is 63.9 Å². The molecule has 2 aromatic rings. The van der Waals surface area contributed by atoms with Crippen LogP contribution in [-0.2, 0) is 11.3 Å². The fourth-order valence-corrected chi connectivity index (χ4v) is 4.39. The number of carbonyl (C=O) groups is 1. The predicted octanol–water partition coefficient (Wildman–Crippen LogP) is 2.83. The molecule has 2 atom stereocenters. The first kappa shape index (κ1) is 16.2. The second-order valence-electron chi connectivity index (χ2n) is 7.30. The van der Waals surface area contributed by atoms with Crippen molar-refractivity contribution in [1.29, 1.82) is 0 Å². The van der Waals surface area contributed by atoms with E-state index in [4.69, 9.17) is 0 Å². The molecule has 0 spiro atoms. The van der Waals surface area contributed by atoms with Crippen LogP contribution in [0.15, 0.2) is 24.3 Å². The summed E-state index contributed by atoms with van der Waals surface area (Å²) in [5.41, 5.74) is 2.07. The van der Waals surface area contributed by atoms with Crippen molar-refractivity contribution in [2.45, 2.75) is 58.0 Å². The van der Waals surface area contributed by atoms with Crippen molar-refractivity contribution in [3.05, 3.63) is 29.8 Å². The molecule has 1 aliphatic carbocycles. The average molecular weight is 339 g/mol. The Kier molecular flexibility index (Phi) is 4.51. The Hall–Kier alpha value is -2.24. The molecule has 6 heteroatoms. The van der Waals surface area contributed by atoms with E-state index in [0.29, 0.717) is 17.8 Å². The monoisotopic (exact) mass is 339 g/mol. The number of aryl methyl sites for hydroxylation is 1. The molecule has 1 amide bonds. The maximum atomic E-state index is 12.8. The van der Waals surface area contributed by atoms with Gasteiger partial charge in [0.25, 0.3) is 0 Å². The van der Waals surface area contributed by atoms with Crippen molar-refractivity contribution < 1.29 is 4.79 Å². The smallest absolute Gasteiger partial charge is 0.246 e. The summed E-state index contributed by atoms with van der Waals surface area (Å²) in [6.07, 6.45) is 7.36.